The van der Waals surface area contributed by atoms with Gasteiger partial charge in [0.25, 0.3) is 0 Å². The van der Waals surface area contributed by atoms with Gasteiger partial charge in [0.15, 0.2) is 11.5 Å². The van der Waals surface area contributed by atoms with E-state index in [9.17, 15) is 9.59 Å². The number of nitrogens with zero attached hydrogens (tertiary/aromatic N) is 3. The Balaban J connectivity index is 1.85. The first kappa shape index (κ1) is 18.2. The maximum absolute atomic E-state index is 12.4. The van der Waals surface area contributed by atoms with Gasteiger partial charge < -0.3 is 14.4 Å². The zero-order chi connectivity index (χ0) is 18.7. The van der Waals surface area contributed by atoms with Gasteiger partial charge in [-0.1, -0.05) is 6.07 Å². The van der Waals surface area contributed by atoms with Crippen molar-refractivity contribution in [3.05, 3.63) is 47.5 Å². The van der Waals surface area contributed by atoms with Crippen LogP contribution in [0.4, 0.5) is 0 Å². The van der Waals surface area contributed by atoms with Crippen molar-refractivity contribution < 1.29 is 19.1 Å². The molecule has 26 heavy (non-hydrogen) atoms. The number of carbonyl (C=O) groups is 2. The highest BCUT2D eigenvalue weighted by Crippen LogP contribution is 2.42. The molecule has 7 nitrogen and oxygen atoms in total. The Morgan fingerprint density at radius 3 is 2.77 bits per heavy atom. The number of aromatic nitrogens is 2. The summed E-state index contributed by atoms with van der Waals surface area (Å²) in [6.07, 6.45) is 3.38. The third-order valence-electron chi connectivity index (χ3n) is 3.86. The number of ether oxygens (including phenoxy) is 2. The van der Waals surface area contributed by atoms with Crippen molar-refractivity contribution in [1.82, 2.24) is 14.9 Å². The lowest BCUT2D eigenvalue weighted by Gasteiger charge is -2.24. The molecule has 1 aliphatic heterocycles. The predicted octanol–water partition coefficient (Wildman–Crippen LogP) is 2.49. The van der Waals surface area contributed by atoms with Gasteiger partial charge in [0.1, 0.15) is 5.37 Å². The fourth-order valence-corrected chi connectivity index (χ4v) is 3.83. The lowest BCUT2D eigenvalue weighted by atomic mass is 10.1. The number of methoxy groups -OCH3 is 1. The van der Waals surface area contributed by atoms with E-state index in [0.29, 0.717) is 23.8 Å². The van der Waals surface area contributed by atoms with Crippen LogP contribution in [0.2, 0.25) is 0 Å². The van der Waals surface area contributed by atoms with E-state index in [4.69, 9.17) is 9.47 Å². The van der Waals surface area contributed by atoms with Crippen molar-refractivity contribution in [1.29, 1.82) is 0 Å². The summed E-state index contributed by atoms with van der Waals surface area (Å²) in [6, 6.07) is 5.32. The molecular formula is C18H19N3O4S. The number of hydrogen-bond acceptors (Lipinski definition) is 7. The van der Waals surface area contributed by atoms with Crippen LogP contribution in [0.5, 0.6) is 11.5 Å². The standard InChI is InChI=1S/C18H19N3O4S/c1-11-7-20-14(8-19-11)9-21-17(23)10-26-18(21)13-4-5-15(25-12(2)22)16(6-13)24-3/h4-8,18H,9-10H2,1-3H3. The van der Waals surface area contributed by atoms with Gasteiger partial charge in [-0.2, -0.15) is 0 Å². The second kappa shape index (κ2) is 7.74. The van der Waals surface area contributed by atoms with E-state index >= 15 is 0 Å². The molecule has 8 heteroatoms. The molecule has 2 aromatic rings. The first-order valence-corrected chi connectivity index (χ1v) is 9.07. The maximum Gasteiger partial charge on any atom is 0.308 e. The van der Waals surface area contributed by atoms with Crippen LogP contribution in [0, 0.1) is 6.92 Å². The molecule has 0 spiro atoms. The summed E-state index contributed by atoms with van der Waals surface area (Å²) >= 11 is 1.54. The van der Waals surface area contributed by atoms with Crippen LogP contribution in [-0.2, 0) is 16.1 Å². The van der Waals surface area contributed by atoms with Gasteiger partial charge in [-0.15, -0.1) is 11.8 Å². The number of hydrogen-bond donors (Lipinski definition) is 0. The van der Waals surface area contributed by atoms with Crippen LogP contribution < -0.4 is 9.47 Å². The first-order chi connectivity index (χ1) is 12.5. The molecule has 0 aliphatic carbocycles. The third kappa shape index (κ3) is 3.96. The van der Waals surface area contributed by atoms with Crippen LogP contribution in [0.3, 0.4) is 0 Å². The van der Waals surface area contributed by atoms with Crippen molar-refractivity contribution in [3.8, 4) is 11.5 Å². The van der Waals surface area contributed by atoms with Crippen LogP contribution in [0.1, 0.15) is 29.2 Å². The summed E-state index contributed by atoms with van der Waals surface area (Å²) in [5.74, 6) is 0.839. The Labute approximate surface area is 155 Å². The van der Waals surface area contributed by atoms with E-state index in [1.54, 1.807) is 29.4 Å². The lowest BCUT2D eigenvalue weighted by molar-refractivity contribution is -0.132. The monoisotopic (exact) mass is 373 g/mol. The SMILES string of the molecule is COc1cc(C2SCC(=O)N2Cc2cnc(C)cn2)ccc1OC(C)=O. The van der Waals surface area contributed by atoms with Crippen LogP contribution in [0.15, 0.2) is 30.6 Å². The number of esters is 1. The number of benzene rings is 1. The number of thioether (sulfide) groups is 1. The van der Waals surface area contributed by atoms with Crippen molar-refractivity contribution in [2.24, 2.45) is 0 Å². The quantitative estimate of drug-likeness (QED) is 0.588. The van der Waals surface area contributed by atoms with E-state index in [0.717, 1.165) is 17.0 Å². The smallest absolute Gasteiger partial charge is 0.308 e. The average Bonchev–Trinajstić information content (AvgIpc) is 2.97. The molecule has 1 atom stereocenters. The Hall–Kier alpha value is -2.61. The van der Waals surface area contributed by atoms with E-state index in [-0.39, 0.29) is 11.3 Å². The Morgan fingerprint density at radius 1 is 1.31 bits per heavy atom. The second-order valence-corrected chi connectivity index (χ2v) is 6.91. The molecule has 3 rings (SSSR count). The zero-order valence-electron chi connectivity index (χ0n) is 14.8. The molecule has 0 N–H and O–H groups in total. The highest BCUT2D eigenvalue weighted by Gasteiger charge is 2.33. The largest absolute Gasteiger partial charge is 0.493 e. The number of rotatable bonds is 5. The summed E-state index contributed by atoms with van der Waals surface area (Å²) in [7, 11) is 1.51. The molecule has 0 bridgehead atoms. The molecule has 0 saturated carbocycles. The molecule has 1 unspecified atom stereocenters. The molecule has 1 aromatic heterocycles. The van der Waals surface area contributed by atoms with Gasteiger partial charge in [0.05, 0.1) is 37.0 Å². The molecule has 1 aromatic carbocycles. The average molecular weight is 373 g/mol. The summed E-state index contributed by atoms with van der Waals surface area (Å²) in [5, 5.41) is -0.161. The van der Waals surface area contributed by atoms with Crippen LogP contribution >= 0.6 is 11.8 Å². The van der Waals surface area contributed by atoms with Crippen molar-refractivity contribution in [2.45, 2.75) is 25.8 Å². The van der Waals surface area contributed by atoms with Crippen LogP contribution in [0.25, 0.3) is 0 Å². The zero-order valence-corrected chi connectivity index (χ0v) is 15.6. The summed E-state index contributed by atoms with van der Waals surface area (Å²) < 4.78 is 10.5. The van der Waals surface area contributed by atoms with E-state index in [1.165, 1.54) is 25.8 Å². The van der Waals surface area contributed by atoms with Crippen LogP contribution in [-0.4, -0.2) is 39.6 Å². The number of aryl methyl sites for hydroxylation is 1. The highest BCUT2D eigenvalue weighted by atomic mass is 32.2. The lowest BCUT2D eigenvalue weighted by Crippen LogP contribution is -2.28. The van der Waals surface area contributed by atoms with E-state index < -0.39 is 5.97 Å². The molecule has 1 aliphatic rings. The Morgan fingerprint density at radius 2 is 2.12 bits per heavy atom. The summed E-state index contributed by atoms with van der Waals surface area (Å²) in [5.41, 5.74) is 2.46. The molecule has 1 fully saturated rings. The Bertz CT molecular complexity index is 826. The molecular weight excluding hydrogens is 354 g/mol. The molecule has 2 heterocycles. The minimum absolute atomic E-state index is 0.0467. The van der Waals surface area contributed by atoms with Gasteiger partial charge in [0, 0.05) is 13.1 Å². The van der Waals surface area contributed by atoms with Gasteiger partial charge in [-0.05, 0) is 24.6 Å². The van der Waals surface area contributed by atoms with Gasteiger partial charge in [-0.25, -0.2) is 0 Å². The van der Waals surface area contributed by atoms with E-state index in [1.807, 2.05) is 13.0 Å². The van der Waals surface area contributed by atoms with Gasteiger partial charge >= 0.3 is 5.97 Å². The number of carbonyl (C=O) groups excluding carboxylic acids is 2. The summed E-state index contributed by atoms with van der Waals surface area (Å²) in [6.45, 7) is 3.59. The van der Waals surface area contributed by atoms with E-state index in [2.05, 4.69) is 9.97 Å². The highest BCUT2D eigenvalue weighted by molar-refractivity contribution is 8.00. The topological polar surface area (TPSA) is 81.6 Å². The predicted molar refractivity (Wildman–Crippen MR) is 96.8 cm³/mol. The fraction of sp³-hybridized carbons (Fsp3) is 0.333. The molecule has 0 radical (unpaired) electrons. The second-order valence-electron chi connectivity index (χ2n) is 5.84. The minimum atomic E-state index is -0.416. The maximum atomic E-state index is 12.4. The number of amides is 1. The molecule has 136 valence electrons. The first-order valence-electron chi connectivity index (χ1n) is 8.03. The minimum Gasteiger partial charge on any atom is -0.493 e. The molecule has 1 amide bonds. The molecule has 1 saturated heterocycles. The van der Waals surface area contributed by atoms with Crippen molar-refractivity contribution >= 4 is 23.6 Å². The third-order valence-corrected chi connectivity index (χ3v) is 5.12. The normalized spacial score (nSPS) is 16.7. The summed E-state index contributed by atoms with van der Waals surface area (Å²) in [4.78, 5) is 33.9. The van der Waals surface area contributed by atoms with Crippen molar-refractivity contribution in [2.75, 3.05) is 12.9 Å². The van der Waals surface area contributed by atoms with Crippen molar-refractivity contribution in [3.63, 3.8) is 0 Å². The van der Waals surface area contributed by atoms with Gasteiger partial charge in [-0.3, -0.25) is 19.6 Å². The fourth-order valence-electron chi connectivity index (χ4n) is 2.65. The Kier molecular flexibility index (Phi) is 5.41. The van der Waals surface area contributed by atoms with Gasteiger partial charge in [0.2, 0.25) is 5.91 Å².